The molecule has 0 unspecified atom stereocenters. The van der Waals surface area contributed by atoms with Gasteiger partial charge in [0.05, 0.1) is 19.5 Å². The van der Waals surface area contributed by atoms with Crippen LogP contribution in [0.4, 0.5) is 5.69 Å². The summed E-state index contributed by atoms with van der Waals surface area (Å²) in [6.07, 6.45) is 0. The molecule has 0 saturated carbocycles. The van der Waals surface area contributed by atoms with Crippen LogP contribution in [0.5, 0.6) is 11.5 Å². The molecule has 0 bridgehead atoms. The molecule has 0 aliphatic heterocycles. The van der Waals surface area contributed by atoms with Crippen molar-refractivity contribution in [2.45, 2.75) is 24.3 Å². The number of anilines is 1. The molecular formula is C20H21N3O4S. The molecule has 0 aliphatic carbocycles. The number of carbonyl (C=O) groups excluding carboxylic acids is 1. The first-order valence-corrected chi connectivity index (χ1v) is 9.49. The van der Waals surface area contributed by atoms with Crippen molar-refractivity contribution in [2.75, 3.05) is 19.5 Å². The van der Waals surface area contributed by atoms with Crippen LogP contribution in [0.2, 0.25) is 0 Å². The lowest BCUT2D eigenvalue weighted by atomic mass is 10.1. The Labute approximate surface area is 167 Å². The zero-order valence-corrected chi connectivity index (χ0v) is 16.9. The number of benzene rings is 2. The number of hydrogen-bond acceptors (Lipinski definition) is 7. The average Bonchev–Trinajstić information content (AvgIpc) is 3.16. The fraction of sp³-hybridized carbons (Fsp3) is 0.250. The molecule has 0 fully saturated rings. The molecule has 0 saturated heterocycles. The third-order valence-electron chi connectivity index (χ3n) is 4.08. The van der Waals surface area contributed by atoms with Crippen molar-refractivity contribution >= 4 is 23.4 Å². The van der Waals surface area contributed by atoms with E-state index in [0.29, 0.717) is 28.3 Å². The highest BCUT2D eigenvalue weighted by molar-refractivity contribution is 8.00. The van der Waals surface area contributed by atoms with Gasteiger partial charge < -0.3 is 19.2 Å². The minimum atomic E-state index is -0.432. The quantitative estimate of drug-likeness (QED) is 0.596. The summed E-state index contributed by atoms with van der Waals surface area (Å²) in [5, 5.41) is 10.9. The molecule has 8 heteroatoms. The second-order valence-corrected chi connectivity index (χ2v) is 7.30. The molecule has 2 aromatic carbocycles. The molecule has 1 aromatic heterocycles. The monoisotopic (exact) mass is 399 g/mol. The van der Waals surface area contributed by atoms with Gasteiger partial charge in [-0.1, -0.05) is 30.0 Å². The van der Waals surface area contributed by atoms with Crippen molar-refractivity contribution in [3.8, 4) is 23.0 Å². The first-order chi connectivity index (χ1) is 13.5. The maximum absolute atomic E-state index is 12.5. The number of carbonyl (C=O) groups is 1. The normalized spacial score (nSPS) is 11.7. The summed E-state index contributed by atoms with van der Waals surface area (Å²) in [4.78, 5) is 12.5. The number of hydrogen-bond donors (Lipinski definition) is 1. The SMILES string of the molecule is COc1ccc(NC(=O)[C@H](C)Sc2nnc(-c3ccccc3C)o2)cc1OC. The lowest BCUT2D eigenvalue weighted by Gasteiger charge is -2.12. The summed E-state index contributed by atoms with van der Waals surface area (Å²) in [5.74, 6) is 1.39. The Morgan fingerprint density at radius 3 is 2.57 bits per heavy atom. The van der Waals surface area contributed by atoms with E-state index in [0.717, 1.165) is 11.1 Å². The van der Waals surface area contributed by atoms with Crippen molar-refractivity contribution in [3.05, 3.63) is 48.0 Å². The topological polar surface area (TPSA) is 86.5 Å². The summed E-state index contributed by atoms with van der Waals surface area (Å²) in [6, 6.07) is 13.0. The molecule has 0 radical (unpaired) electrons. The van der Waals surface area contributed by atoms with Gasteiger partial charge in [-0.15, -0.1) is 10.2 Å². The first-order valence-electron chi connectivity index (χ1n) is 8.61. The molecule has 1 heterocycles. The van der Waals surface area contributed by atoms with Crippen molar-refractivity contribution < 1.29 is 18.7 Å². The molecule has 28 heavy (non-hydrogen) atoms. The zero-order chi connectivity index (χ0) is 20.1. The van der Waals surface area contributed by atoms with Crippen molar-refractivity contribution in [1.82, 2.24) is 10.2 Å². The van der Waals surface area contributed by atoms with Gasteiger partial charge >= 0.3 is 0 Å². The van der Waals surface area contributed by atoms with Crippen LogP contribution in [0.3, 0.4) is 0 Å². The third-order valence-corrected chi connectivity index (χ3v) is 5.01. The van der Waals surface area contributed by atoms with Gasteiger partial charge in [-0.05, 0) is 37.6 Å². The van der Waals surface area contributed by atoms with Crippen molar-refractivity contribution in [3.63, 3.8) is 0 Å². The van der Waals surface area contributed by atoms with E-state index in [9.17, 15) is 4.79 Å². The highest BCUT2D eigenvalue weighted by Gasteiger charge is 2.20. The van der Waals surface area contributed by atoms with Gasteiger partial charge in [-0.2, -0.15) is 0 Å². The predicted molar refractivity (Wildman–Crippen MR) is 108 cm³/mol. The van der Waals surface area contributed by atoms with Crippen LogP contribution in [0.15, 0.2) is 52.1 Å². The van der Waals surface area contributed by atoms with E-state index < -0.39 is 5.25 Å². The molecule has 0 spiro atoms. The summed E-state index contributed by atoms with van der Waals surface area (Å²) in [7, 11) is 3.11. The predicted octanol–water partition coefficient (Wildman–Crippen LogP) is 4.18. The number of ether oxygens (including phenoxy) is 2. The standard InChI is InChI=1S/C20H21N3O4S/c1-12-7-5-6-8-15(12)19-22-23-20(27-19)28-13(2)18(24)21-14-9-10-16(25-3)17(11-14)26-4/h5-11,13H,1-4H3,(H,21,24)/t13-/m0/s1. The van der Waals surface area contributed by atoms with E-state index in [1.165, 1.54) is 11.8 Å². The Morgan fingerprint density at radius 1 is 1.11 bits per heavy atom. The van der Waals surface area contributed by atoms with E-state index in [1.54, 1.807) is 39.3 Å². The van der Waals surface area contributed by atoms with E-state index in [-0.39, 0.29) is 5.91 Å². The number of nitrogens with one attached hydrogen (secondary N) is 1. The molecule has 3 aromatic rings. The maximum atomic E-state index is 12.5. The Bertz CT molecular complexity index is 974. The van der Waals surface area contributed by atoms with Gasteiger partial charge in [0.1, 0.15) is 0 Å². The van der Waals surface area contributed by atoms with Crippen LogP contribution in [0.25, 0.3) is 11.5 Å². The molecule has 1 amide bonds. The number of aromatic nitrogens is 2. The molecule has 3 rings (SSSR count). The van der Waals surface area contributed by atoms with Crippen LogP contribution < -0.4 is 14.8 Å². The van der Waals surface area contributed by atoms with E-state index >= 15 is 0 Å². The van der Waals surface area contributed by atoms with E-state index in [1.807, 2.05) is 31.2 Å². The second-order valence-electron chi connectivity index (χ2n) is 6.01. The summed E-state index contributed by atoms with van der Waals surface area (Å²) < 4.78 is 16.2. The van der Waals surface area contributed by atoms with Gasteiger partial charge in [0.15, 0.2) is 11.5 Å². The minimum Gasteiger partial charge on any atom is -0.493 e. The number of methoxy groups -OCH3 is 2. The number of rotatable bonds is 7. The second kappa shape index (κ2) is 8.79. The van der Waals surface area contributed by atoms with E-state index in [2.05, 4.69) is 15.5 Å². The van der Waals surface area contributed by atoms with Crippen LogP contribution >= 0.6 is 11.8 Å². The van der Waals surface area contributed by atoms with Gasteiger partial charge in [0, 0.05) is 17.3 Å². The Kier molecular flexibility index (Phi) is 6.20. The van der Waals surface area contributed by atoms with Crippen LogP contribution in [0.1, 0.15) is 12.5 Å². The number of thioether (sulfide) groups is 1. The highest BCUT2D eigenvalue weighted by atomic mass is 32.2. The van der Waals surface area contributed by atoms with Crippen LogP contribution in [-0.2, 0) is 4.79 Å². The van der Waals surface area contributed by atoms with Crippen LogP contribution in [-0.4, -0.2) is 35.6 Å². The third kappa shape index (κ3) is 4.45. The highest BCUT2D eigenvalue weighted by Crippen LogP contribution is 2.31. The van der Waals surface area contributed by atoms with Crippen molar-refractivity contribution in [1.29, 1.82) is 0 Å². The minimum absolute atomic E-state index is 0.187. The number of amides is 1. The molecule has 1 N–H and O–H groups in total. The largest absolute Gasteiger partial charge is 0.493 e. The van der Waals surface area contributed by atoms with Gasteiger partial charge in [0.25, 0.3) is 5.22 Å². The Morgan fingerprint density at radius 2 is 1.86 bits per heavy atom. The molecule has 146 valence electrons. The Hall–Kier alpha value is -3.00. The summed E-state index contributed by atoms with van der Waals surface area (Å²) >= 11 is 1.20. The Balaban J connectivity index is 1.66. The van der Waals surface area contributed by atoms with Gasteiger partial charge in [-0.25, -0.2) is 0 Å². The smallest absolute Gasteiger partial charge is 0.277 e. The molecule has 1 atom stereocenters. The lowest BCUT2D eigenvalue weighted by molar-refractivity contribution is -0.115. The number of aryl methyl sites for hydroxylation is 1. The van der Waals surface area contributed by atoms with E-state index in [4.69, 9.17) is 13.9 Å². The van der Waals surface area contributed by atoms with Crippen molar-refractivity contribution in [2.24, 2.45) is 0 Å². The summed E-state index contributed by atoms with van der Waals surface area (Å²) in [6.45, 7) is 3.75. The zero-order valence-electron chi connectivity index (χ0n) is 16.1. The summed E-state index contributed by atoms with van der Waals surface area (Å²) in [5.41, 5.74) is 2.53. The van der Waals surface area contributed by atoms with Gasteiger partial charge in [-0.3, -0.25) is 4.79 Å². The lowest BCUT2D eigenvalue weighted by Crippen LogP contribution is -2.22. The maximum Gasteiger partial charge on any atom is 0.277 e. The first kappa shape index (κ1) is 19.8. The molecule has 7 nitrogen and oxygen atoms in total. The average molecular weight is 399 g/mol. The number of nitrogens with zero attached hydrogens (tertiary/aromatic N) is 2. The molecule has 0 aliphatic rings. The molecular weight excluding hydrogens is 378 g/mol. The fourth-order valence-corrected chi connectivity index (χ4v) is 3.23. The fourth-order valence-electron chi connectivity index (χ4n) is 2.54. The van der Waals surface area contributed by atoms with Crippen LogP contribution in [0, 0.1) is 6.92 Å². The van der Waals surface area contributed by atoms with Gasteiger partial charge in [0.2, 0.25) is 11.8 Å².